The lowest BCUT2D eigenvalue weighted by Crippen LogP contribution is -2.29. The van der Waals surface area contributed by atoms with Crippen LogP contribution in [0.15, 0.2) is 0 Å². The van der Waals surface area contributed by atoms with Crippen molar-refractivity contribution in [1.29, 1.82) is 0 Å². The third kappa shape index (κ3) is 5.55. The maximum Gasteiger partial charge on any atom is 0.00106 e. The summed E-state index contributed by atoms with van der Waals surface area (Å²) in [4.78, 5) is 0. The van der Waals surface area contributed by atoms with E-state index in [9.17, 15) is 0 Å². The average Bonchev–Trinajstić information content (AvgIpc) is 2.90. The lowest BCUT2D eigenvalue weighted by Gasteiger charge is -2.18. The third-order valence-corrected chi connectivity index (χ3v) is 3.58. The molecule has 1 heteroatoms. The van der Waals surface area contributed by atoms with E-state index < -0.39 is 0 Å². The van der Waals surface area contributed by atoms with Gasteiger partial charge < -0.3 is 5.32 Å². The van der Waals surface area contributed by atoms with Crippen LogP contribution in [0.5, 0.6) is 0 Å². The van der Waals surface area contributed by atoms with Gasteiger partial charge in [-0.25, -0.2) is 0 Å². The molecule has 0 atom stereocenters. The number of hydrogen-bond acceptors (Lipinski definition) is 1. The van der Waals surface area contributed by atoms with E-state index in [1.807, 2.05) is 0 Å². The van der Waals surface area contributed by atoms with Crippen LogP contribution in [0, 0.1) is 11.3 Å². The predicted octanol–water partition coefficient (Wildman–Crippen LogP) is 3.98. The molecule has 0 aromatic heterocycles. The van der Waals surface area contributed by atoms with Gasteiger partial charge in [0.05, 0.1) is 0 Å². The Balaban J connectivity index is 2.04. The molecule has 1 aliphatic rings. The van der Waals surface area contributed by atoms with E-state index in [0.29, 0.717) is 11.5 Å². The minimum Gasteiger partial charge on any atom is -0.314 e. The molecule has 1 N–H and O–H groups in total. The molecule has 0 radical (unpaired) electrons. The summed E-state index contributed by atoms with van der Waals surface area (Å²) in [6.45, 7) is 10.4. The highest BCUT2D eigenvalue weighted by atomic mass is 14.9. The highest BCUT2D eigenvalue weighted by molar-refractivity contribution is 4.94. The van der Waals surface area contributed by atoms with Gasteiger partial charge in [0.1, 0.15) is 0 Å². The summed E-state index contributed by atoms with van der Waals surface area (Å²) in [5.74, 6) is 0.883. The van der Waals surface area contributed by atoms with E-state index in [2.05, 4.69) is 33.0 Å². The molecule has 1 fully saturated rings. The second kappa shape index (κ2) is 5.89. The van der Waals surface area contributed by atoms with Crippen LogP contribution in [-0.4, -0.2) is 12.6 Å². The van der Waals surface area contributed by atoms with Crippen LogP contribution in [0.3, 0.4) is 0 Å². The molecule has 1 saturated carbocycles. The number of unbranched alkanes of at least 4 members (excludes halogenated alkanes) is 1. The van der Waals surface area contributed by atoms with Gasteiger partial charge in [-0.15, -0.1) is 0 Å². The second-order valence-corrected chi connectivity index (χ2v) is 6.18. The van der Waals surface area contributed by atoms with Gasteiger partial charge in [-0.1, -0.05) is 47.0 Å². The maximum absolute atomic E-state index is 3.60. The molecule has 15 heavy (non-hydrogen) atoms. The van der Waals surface area contributed by atoms with Crippen LogP contribution < -0.4 is 5.32 Å². The molecule has 1 nitrogen and oxygen atoms in total. The summed E-state index contributed by atoms with van der Waals surface area (Å²) in [7, 11) is 0. The van der Waals surface area contributed by atoms with Crippen LogP contribution in [0.1, 0.15) is 66.2 Å². The first kappa shape index (κ1) is 13.0. The molecule has 90 valence electrons. The lowest BCUT2D eigenvalue weighted by molar-refractivity contribution is 0.381. The van der Waals surface area contributed by atoms with E-state index in [-0.39, 0.29) is 0 Å². The van der Waals surface area contributed by atoms with Crippen molar-refractivity contribution in [3.63, 3.8) is 0 Å². The molecular weight excluding hydrogens is 182 g/mol. The first-order valence-electron chi connectivity index (χ1n) is 6.77. The van der Waals surface area contributed by atoms with Gasteiger partial charge in [-0.3, -0.25) is 0 Å². The quantitative estimate of drug-likeness (QED) is 0.599. The van der Waals surface area contributed by atoms with Gasteiger partial charge in [0, 0.05) is 12.6 Å². The largest absolute Gasteiger partial charge is 0.314 e. The zero-order valence-electron chi connectivity index (χ0n) is 11.1. The smallest absolute Gasteiger partial charge is 0.00106 e. The highest BCUT2D eigenvalue weighted by Crippen LogP contribution is 2.49. The van der Waals surface area contributed by atoms with Crippen molar-refractivity contribution in [1.82, 2.24) is 5.32 Å². The second-order valence-electron chi connectivity index (χ2n) is 6.18. The summed E-state index contributed by atoms with van der Waals surface area (Å²) < 4.78 is 0. The summed E-state index contributed by atoms with van der Waals surface area (Å²) >= 11 is 0. The van der Waals surface area contributed by atoms with Gasteiger partial charge in [0.25, 0.3) is 0 Å². The fourth-order valence-corrected chi connectivity index (χ4v) is 2.17. The Morgan fingerprint density at radius 3 is 2.20 bits per heavy atom. The van der Waals surface area contributed by atoms with Gasteiger partial charge in [-0.05, 0) is 30.6 Å². The zero-order chi connectivity index (χ0) is 11.3. The molecule has 0 aliphatic heterocycles. The van der Waals surface area contributed by atoms with Crippen molar-refractivity contribution in [3.8, 4) is 0 Å². The molecule has 0 amide bonds. The van der Waals surface area contributed by atoms with Gasteiger partial charge in [0.2, 0.25) is 0 Å². The summed E-state index contributed by atoms with van der Waals surface area (Å²) in [5, 5.41) is 3.60. The van der Waals surface area contributed by atoms with Crippen LogP contribution >= 0.6 is 0 Å². The molecular formula is C14H29N. The monoisotopic (exact) mass is 211 g/mol. The summed E-state index contributed by atoms with van der Waals surface area (Å²) in [5.41, 5.74) is 0.710. The highest BCUT2D eigenvalue weighted by Gasteiger charge is 2.41. The van der Waals surface area contributed by atoms with Crippen molar-refractivity contribution in [3.05, 3.63) is 0 Å². The van der Waals surface area contributed by atoms with Crippen molar-refractivity contribution in [2.45, 2.75) is 72.3 Å². The van der Waals surface area contributed by atoms with Crippen molar-refractivity contribution in [2.75, 3.05) is 6.54 Å². The number of rotatable bonds is 8. The van der Waals surface area contributed by atoms with Gasteiger partial charge in [0.15, 0.2) is 0 Å². The normalized spacial score (nSPS) is 18.8. The van der Waals surface area contributed by atoms with E-state index in [4.69, 9.17) is 0 Å². The minimum absolute atomic E-state index is 0.651. The molecule has 0 aromatic carbocycles. The topological polar surface area (TPSA) is 12.0 Å². The molecule has 0 unspecified atom stereocenters. The lowest BCUT2D eigenvalue weighted by atomic mass is 9.96. The van der Waals surface area contributed by atoms with Crippen molar-refractivity contribution in [2.24, 2.45) is 11.3 Å². The third-order valence-electron chi connectivity index (χ3n) is 3.58. The Morgan fingerprint density at radius 2 is 1.73 bits per heavy atom. The number of hydrogen-bond donors (Lipinski definition) is 1. The van der Waals surface area contributed by atoms with E-state index in [0.717, 1.165) is 5.92 Å². The molecule has 0 spiro atoms. The first-order chi connectivity index (χ1) is 7.04. The van der Waals surface area contributed by atoms with Crippen LogP contribution in [-0.2, 0) is 0 Å². The fourth-order valence-electron chi connectivity index (χ4n) is 2.17. The molecule has 0 aromatic rings. The first-order valence-corrected chi connectivity index (χ1v) is 6.77. The van der Waals surface area contributed by atoms with Crippen molar-refractivity contribution >= 4 is 0 Å². The Labute approximate surface area is 96.0 Å². The Hall–Kier alpha value is -0.0400. The molecule has 0 saturated heterocycles. The van der Waals surface area contributed by atoms with Crippen LogP contribution in [0.4, 0.5) is 0 Å². The Bertz CT molecular complexity index is 168. The summed E-state index contributed by atoms with van der Waals surface area (Å²) in [6.07, 6.45) is 8.68. The maximum atomic E-state index is 3.60. The Morgan fingerprint density at radius 1 is 1.07 bits per heavy atom. The van der Waals surface area contributed by atoms with Crippen LogP contribution in [0.2, 0.25) is 0 Å². The standard InChI is InChI=1S/C14H29N/c1-12(2)7-5-6-8-14(9-10-14)11-15-13(3)4/h12-13,15H,5-11H2,1-4H3. The number of nitrogens with one attached hydrogen (secondary N) is 1. The zero-order valence-corrected chi connectivity index (χ0v) is 11.1. The van der Waals surface area contributed by atoms with Gasteiger partial charge >= 0.3 is 0 Å². The van der Waals surface area contributed by atoms with E-state index in [1.165, 1.54) is 45.1 Å². The average molecular weight is 211 g/mol. The van der Waals surface area contributed by atoms with E-state index >= 15 is 0 Å². The van der Waals surface area contributed by atoms with Gasteiger partial charge in [-0.2, -0.15) is 0 Å². The Kier molecular flexibility index (Phi) is 5.11. The van der Waals surface area contributed by atoms with Crippen molar-refractivity contribution < 1.29 is 0 Å². The molecule has 1 aliphatic carbocycles. The SMILES string of the molecule is CC(C)CCCCC1(CNC(C)C)CC1. The predicted molar refractivity (Wildman–Crippen MR) is 68.1 cm³/mol. The molecule has 1 rings (SSSR count). The summed E-state index contributed by atoms with van der Waals surface area (Å²) in [6, 6.07) is 0.651. The van der Waals surface area contributed by atoms with E-state index in [1.54, 1.807) is 0 Å². The minimum atomic E-state index is 0.651. The molecule has 0 bridgehead atoms. The molecule has 0 heterocycles. The van der Waals surface area contributed by atoms with Crippen LogP contribution in [0.25, 0.3) is 0 Å². The fraction of sp³-hybridized carbons (Fsp3) is 1.00.